The molecule has 0 bridgehead atoms. The molecule has 16 heavy (non-hydrogen) atoms. The van der Waals surface area contributed by atoms with E-state index in [4.69, 9.17) is 10.5 Å². The van der Waals surface area contributed by atoms with Crippen molar-refractivity contribution < 1.29 is 22.6 Å². The van der Waals surface area contributed by atoms with Crippen molar-refractivity contribution in [2.45, 2.75) is 25.5 Å². The topological polar surface area (TPSA) is 47.7 Å². The summed E-state index contributed by atoms with van der Waals surface area (Å²) in [6, 6.07) is 0. The second kappa shape index (κ2) is 5.81. The molecule has 0 amide bonds. The highest BCUT2D eigenvalue weighted by Gasteiger charge is 2.30. The van der Waals surface area contributed by atoms with Crippen molar-refractivity contribution >= 4 is 0 Å². The minimum atomic E-state index is -4.55. The molecule has 0 aromatic carbocycles. The molecule has 1 saturated heterocycles. The van der Waals surface area contributed by atoms with Crippen LogP contribution in [0, 0.1) is 0 Å². The number of nitrogens with zero attached hydrogens (tertiary/aromatic N) is 1. The van der Waals surface area contributed by atoms with E-state index in [1.54, 1.807) is 0 Å². The summed E-state index contributed by atoms with van der Waals surface area (Å²) in [5.41, 5.74) is 5.46. The maximum absolute atomic E-state index is 11.7. The van der Waals surface area contributed by atoms with Crippen molar-refractivity contribution in [3.63, 3.8) is 0 Å². The van der Waals surface area contributed by atoms with Crippen molar-refractivity contribution in [1.82, 2.24) is 4.90 Å². The average Bonchev–Trinajstić information content (AvgIpc) is 2.14. The molecule has 0 spiro atoms. The molecule has 2 atom stereocenters. The summed E-state index contributed by atoms with van der Waals surface area (Å²) in [6.07, 6.45) is -4.66. The van der Waals surface area contributed by atoms with Gasteiger partial charge in [-0.25, -0.2) is 0 Å². The number of ether oxygens (including phenoxy) is 2. The lowest BCUT2D eigenvalue weighted by molar-refractivity contribution is -0.325. The molecule has 1 aliphatic rings. The quantitative estimate of drug-likeness (QED) is 0.783. The van der Waals surface area contributed by atoms with E-state index in [0.29, 0.717) is 19.6 Å². The number of hydrogen-bond acceptors (Lipinski definition) is 4. The zero-order valence-corrected chi connectivity index (χ0v) is 9.17. The fourth-order valence-corrected chi connectivity index (χ4v) is 1.74. The molecule has 1 rings (SSSR count). The number of hydrogen-bond donors (Lipinski definition) is 1. The Hall–Kier alpha value is -0.370. The minimum absolute atomic E-state index is 0.00631. The van der Waals surface area contributed by atoms with Gasteiger partial charge in [-0.1, -0.05) is 0 Å². The largest absolute Gasteiger partial charge is 0.522 e. The molecule has 4 nitrogen and oxygen atoms in total. The number of halogens is 3. The highest BCUT2D eigenvalue weighted by molar-refractivity contribution is 4.76. The molecule has 1 fully saturated rings. The summed E-state index contributed by atoms with van der Waals surface area (Å²) >= 11 is 0. The van der Waals surface area contributed by atoms with Gasteiger partial charge in [0.25, 0.3) is 0 Å². The number of rotatable bonds is 4. The van der Waals surface area contributed by atoms with E-state index in [1.807, 2.05) is 11.8 Å². The first-order valence-corrected chi connectivity index (χ1v) is 5.19. The maximum atomic E-state index is 11.7. The number of nitrogens with two attached hydrogens (primary N) is 1. The van der Waals surface area contributed by atoms with Crippen LogP contribution in [0.5, 0.6) is 0 Å². The van der Waals surface area contributed by atoms with Crippen molar-refractivity contribution in [2.24, 2.45) is 5.73 Å². The van der Waals surface area contributed by atoms with E-state index >= 15 is 0 Å². The Morgan fingerprint density at radius 2 is 2.12 bits per heavy atom. The van der Waals surface area contributed by atoms with E-state index in [2.05, 4.69) is 4.74 Å². The van der Waals surface area contributed by atoms with Crippen LogP contribution in [0.4, 0.5) is 13.2 Å². The van der Waals surface area contributed by atoms with Gasteiger partial charge in [0.2, 0.25) is 0 Å². The van der Waals surface area contributed by atoms with E-state index < -0.39 is 6.36 Å². The zero-order valence-electron chi connectivity index (χ0n) is 9.17. The average molecular weight is 242 g/mol. The predicted molar refractivity (Wildman–Crippen MR) is 51.8 cm³/mol. The summed E-state index contributed by atoms with van der Waals surface area (Å²) in [5.74, 6) is 0. The highest BCUT2D eigenvalue weighted by Crippen LogP contribution is 2.16. The molecule has 0 saturated carbocycles. The lowest BCUT2D eigenvalue weighted by Gasteiger charge is -2.36. The third-order valence-electron chi connectivity index (χ3n) is 2.34. The van der Waals surface area contributed by atoms with Crippen molar-refractivity contribution in [3.8, 4) is 0 Å². The summed E-state index contributed by atoms with van der Waals surface area (Å²) in [6.45, 7) is 3.30. The van der Waals surface area contributed by atoms with E-state index in [9.17, 15) is 13.2 Å². The van der Waals surface area contributed by atoms with Gasteiger partial charge in [0.1, 0.15) is 0 Å². The van der Waals surface area contributed by atoms with E-state index in [1.165, 1.54) is 0 Å². The van der Waals surface area contributed by atoms with Crippen molar-refractivity contribution in [2.75, 3.05) is 32.8 Å². The van der Waals surface area contributed by atoms with Crippen molar-refractivity contribution in [3.05, 3.63) is 0 Å². The summed E-state index contributed by atoms with van der Waals surface area (Å²) in [4.78, 5) is 1.87. The second-order valence-corrected chi connectivity index (χ2v) is 3.86. The van der Waals surface area contributed by atoms with Crippen LogP contribution in [0.3, 0.4) is 0 Å². The van der Waals surface area contributed by atoms with Crippen molar-refractivity contribution in [1.29, 1.82) is 0 Å². The van der Waals surface area contributed by atoms with Gasteiger partial charge in [0, 0.05) is 26.2 Å². The highest BCUT2D eigenvalue weighted by atomic mass is 19.4. The molecule has 1 heterocycles. The lowest BCUT2D eigenvalue weighted by Crippen LogP contribution is -2.50. The molecule has 96 valence electrons. The van der Waals surface area contributed by atoms with Gasteiger partial charge in [0.15, 0.2) is 0 Å². The van der Waals surface area contributed by atoms with E-state index in [-0.39, 0.29) is 25.4 Å². The van der Waals surface area contributed by atoms with Crippen LogP contribution in [-0.4, -0.2) is 56.3 Å². The number of alkyl halides is 3. The second-order valence-electron chi connectivity index (χ2n) is 3.86. The Morgan fingerprint density at radius 1 is 1.44 bits per heavy atom. The smallest absolute Gasteiger partial charge is 0.371 e. The third-order valence-corrected chi connectivity index (χ3v) is 2.34. The Kier molecular flexibility index (Phi) is 4.97. The van der Waals surface area contributed by atoms with Crippen LogP contribution in [0.1, 0.15) is 6.92 Å². The summed E-state index contributed by atoms with van der Waals surface area (Å²) in [7, 11) is 0. The van der Waals surface area contributed by atoms with Gasteiger partial charge in [-0.15, -0.1) is 13.2 Å². The first-order valence-electron chi connectivity index (χ1n) is 5.19. The summed E-state index contributed by atoms with van der Waals surface area (Å²) in [5, 5.41) is 0. The molecule has 7 heteroatoms. The Balaban J connectivity index is 2.26. The van der Waals surface area contributed by atoms with Gasteiger partial charge < -0.3 is 10.5 Å². The predicted octanol–water partition coefficient (Wildman–Crippen LogP) is 0.571. The van der Waals surface area contributed by atoms with Gasteiger partial charge in [-0.2, -0.15) is 0 Å². The first-order chi connectivity index (χ1) is 7.40. The fraction of sp³-hybridized carbons (Fsp3) is 1.00. The van der Waals surface area contributed by atoms with Gasteiger partial charge >= 0.3 is 6.36 Å². The molecule has 1 aliphatic heterocycles. The fourth-order valence-electron chi connectivity index (χ4n) is 1.74. The van der Waals surface area contributed by atoms with Crippen LogP contribution in [0.15, 0.2) is 0 Å². The van der Waals surface area contributed by atoms with Crippen LogP contribution in [0.25, 0.3) is 0 Å². The Morgan fingerprint density at radius 3 is 2.69 bits per heavy atom. The van der Waals surface area contributed by atoms with Gasteiger partial charge in [-0.05, 0) is 6.92 Å². The first kappa shape index (κ1) is 13.7. The van der Waals surface area contributed by atoms with Crippen LogP contribution in [0.2, 0.25) is 0 Å². The Labute approximate surface area is 92.5 Å². The molecule has 0 radical (unpaired) electrons. The van der Waals surface area contributed by atoms with Crippen LogP contribution < -0.4 is 5.73 Å². The zero-order chi connectivity index (χ0) is 12.2. The third kappa shape index (κ3) is 5.11. The van der Waals surface area contributed by atoms with Crippen LogP contribution >= 0.6 is 0 Å². The molecule has 0 aromatic rings. The Bertz CT molecular complexity index is 213. The standard InChI is InChI=1S/C9H17F3N2O2/c1-7-5-14(6-8(4-13)16-7)2-3-15-9(10,11)12/h7-8H,2-6,13H2,1H3. The minimum Gasteiger partial charge on any atom is -0.371 e. The van der Waals surface area contributed by atoms with Gasteiger partial charge in [0.05, 0.1) is 18.8 Å². The van der Waals surface area contributed by atoms with E-state index in [0.717, 1.165) is 0 Å². The van der Waals surface area contributed by atoms with Crippen LogP contribution in [-0.2, 0) is 9.47 Å². The molecular formula is C9H17F3N2O2. The summed E-state index contributed by atoms with van der Waals surface area (Å²) < 4.78 is 44.4. The molecule has 2 unspecified atom stereocenters. The number of morpholine rings is 1. The molecular weight excluding hydrogens is 225 g/mol. The normalized spacial score (nSPS) is 28.3. The SMILES string of the molecule is CC1CN(CCOC(F)(F)F)CC(CN)O1. The molecule has 0 aromatic heterocycles. The lowest BCUT2D eigenvalue weighted by atomic mass is 10.2. The molecule has 2 N–H and O–H groups in total. The van der Waals surface area contributed by atoms with Gasteiger partial charge in [-0.3, -0.25) is 9.64 Å². The molecule has 0 aliphatic carbocycles. The monoisotopic (exact) mass is 242 g/mol. The maximum Gasteiger partial charge on any atom is 0.522 e.